The van der Waals surface area contributed by atoms with E-state index in [9.17, 15) is 0 Å². The smallest absolute Gasteiger partial charge is 0.126 e. The standard InChI is InChI=1S/C14H23N3OS/c1-3-4-7-18-8-5-6-16-13-10-12(14(15)19)9-11(2)17-13/h9-10H,3-8H2,1-2H3,(H2,15,19)(H,16,17). The lowest BCUT2D eigenvalue weighted by atomic mass is 10.2. The molecular weight excluding hydrogens is 258 g/mol. The van der Waals surface area contributed by atoms with Crippen LogP contribution in [0.3, 0.4) is 0 Å². The minimum absolute atomic E-state index is 0.399. The van der Waals surface area contributed by atoms with Crippen molar-refractivity contribution in [2.45, 2.75) is 33.1 Å². The third-order valence-electron chi connectivity index (χ3n) is 2.65. The average Bonchev–Trinajstić information content (AvgIpc) is 2.37. The highest BCUT2D eigenvalue weighted by molar-refractivity contribution is 7.80. The van der Waals surface area contributed by atoms with Crippen molar-refractivity contribution < 1.29 is 4.74 Å². The van der Waals surface area contributed by atoms with Crippen LogP contribution in [0.5, 0.6) is 0 Å². The molecule has 0 bridgehead atoms. The number of aryl methyl sites for hydroxylation is 1. The van der Waals surface area contributed by atoms with E-state index in [1.807, 2.05) is 19.1 Å². The van der Waals surface area contributed by atoms with E-state index in [-0.39, 0.29) is 0 Å². The molecule has 1 rings (SSSR count). The number of pyridine rings is 1. The highest BCUT2D eigenvalue weighted by atomic mass is 32.1. The minimum Gasteiger partial charge on any atom is -0.389 e. The number of anilines is 1. The van der Waals surface area contributed by atoms with Crippen LogP contribution in [0.4, 0.5) is 5.82 Å². The monoisotopic (exact) mass is 281 g/mol. The second kappa shape index (κ2) is 8.82. The van der Waals surface area contributed by atoms with Gasteiger partial charge >= 0.3 is 0 Å². The molecule has 1 aromatic heterocycles. The molecule has 4 nitrogen and oxygen atoms in total. The Morgan fingerprint density at radius 2 is 2.11 bits per heavy atom. The third kappa shape index (κ3) is 6.50. The second-order valence-corrected chi connectivity index (χ2v) is 4.93. The van der Waals surface area contributed by atoms with Gasteiger partial charge < -0.3 is 15.8 Å². The Hall–Kier alpha value is -1.20. The van der Waals surface area contributed by atoms with Gasteiger partial charge in [0.05, 0.1) is 0 Å². The van der Waals surface area contributed by atoms with Crippen molar-refractivity contribution in [3.8, 4) is 0 Å². The van der Waals surface area contributed by atoms with Crippen LogP contribution in [-0.2, 0) is 4.74 Å². The van der Waals surface area contributed by atoms with E-state index >= 15 is 0 Å². The van der Waals surface area contributed by atoms with Gasteiger partial charge in [-0.05, 0) is 31.9 Å². The van der Waals surface area contributed by atoms with Crippen LogP contribution < -0.4 is 11.1 Å². The summed E-state index contributed by atoms with van der Waals surface area (Å²) in [6, 6.07) is 3.77. The van der Waals surface area contributed by atoms with Crippen molar-refractivity contribution in [2.24, 2.45) is 5.73 Å². The molecule has 3 N–H and O–H groups in total. The highest BCUT2D eigenvalue weighted by Gasteiger charge is 2.02. The number of ether oxygens (including phenoxy) is 1. The molecular formula is C14H23N3OS. The first-order chi connectivity index (χ1) is 9.13. The van der Waals surface area contributed by atoms with Crippen molar-refractivity contribution in [1.29, 1.82) is 0 Å². The van der Waals surface area contributed by atoms with Gasteiger partial charge in [0.15, 0.2) is 0 Å². The van der Waals surface area contributed by atoms with E-state index in [1.54, 1.807) is 0 Å². The third-order valence-corrected chi connectivity index (χ3v) is 2.89. The summed E-state index contributed by atoms with van der Waals surface area (Å²) in [4.78, 5) is 4.80. The Labute approximate surface area is 120 Å². The number of aromatic nitrogens is 1. The van der Waals surface area contributed by atoms with Crippen molar-refractivity contribution in [1.82, 2.24) is 4.98 Å². The fourth-order valence-electron chi connectivity index (χ4n) is 1.64. The Morgan fingerprint density at radius 3 is 2.79 bits per heavy atom. The zero-order valence-corrected chi connectivity index (χ0v) is 12.6. The predicted molar refractivity (Wildman–Crippen MR) is 83.7 cm³/mol. The number of nitrogens with zero attached hydrogens (tertiary/aromatic N) is 1. The fourth-order valence-corrected chi connectivity index (χ4v) is 1.76. The van der Waals surface area contributed by atoms with Gasteiger partial charge in [-0.25, -0.2) is 4.98 Å². The molecule has 0 amide bonds. The van der Waals surface area contributed by atoms with E-state index in [0.29, 0.717) is 4.99 Å². The molecule has 1 heterocycles. The Kier molecular flexibility index (Phi) is 7.36. The maximum Gasteiger partial charge on any atom is 0.126 e. The van der Waals surface area contributed by atoms with Crippen LogP contribution in [0.25, 0.3) is 0 Å². The zero-order chi connectivity index (χ0) is 14.1. The first-order valence-corrected chi connectivity index (χ1v) is 7.14. The molecule has 0 aromatic carbocycles. The molecule has 0 radical (unpaired) electrons. The van der Waals surface area contributed by atoms with Crippen molar-refractivity contribution in [3.63, 3.8) is 0 Å². The Bertz CT molecular complexity index is 410. The number of nitrogens with one attached hydrogen (secondary N) is 1. The summed E-state index contributed by atoms with van der Waals surface area (Å²) in [7, 11) is 0. The van der Waals surface area contributed by atoms with Crippen LogP contribution in [0.1, 0.15) is 37.4 Å². The van der Waals surface area contributed by atoms with Crippen LogP contribution in [0, 0.1) is 6.92 Å². The summed E-state index contributed by atoms with van der Waals surface area (Å²) in [5.74, 6) is 0.816. The van der Waals surface area contributed by atoms with Gasteiger partial charge in [0.2, 0.25) is 0 Å². The summed E-state index contributed by atoms with van der Waals surface area (Å²) in [5.41, 5.74) is 7.39. The van der Waals surface area contributed by atoms with E-state index in [0.717, 1.165) is 49.7 Å². The number of thiocarbonyl (C=S) groups is 1. The molecule has 0 aliphatic carbocycles. The van der Waals surface area contributed by atoms with E-state index < -0.39 is 0 Å². The summed E-state index contributed by atoms with van der Waals surface area (Å²) in [5, 5.41) is 3.27. The van der Waals surface area contributed by atoms with Crippen LogP contribution in [0.15, 0.2) is 12.1 Å². The molecule has 0 saturated carbocycles. The topological polar surface area (TPSA) is 60.2 Å². The maximum absolute atomic E-state index is 5.63. The summed E-state index contributed by atoms with van der Waals surface area (Å²) in [6.45, 7) is 6.56. The number of rotatable bonds is 9. The lowest BCUT2D eigenvalue weighted by molar-refractivity contribution is 0.131. The number of nitrogens with two attached hydrogens (primary N) is 1. The first-order valence-electron chi connectivity index (χ1n) is 6.73. The molecule has 0 aliphatic heterocycles. The molecule has 0 atom stereocenters. The van der Waals surface area contributed by atoms with Gasteiger partial charge in [-0.1, -0.05) is 25.6 Å². The first kappa shape index (κ1) is 15.9. The Morgan fingerprint density at radius 1 is 1.37 bits per heavy atom. The van der Waals surface area contributed by atoms with E-state index in [1.165, 1.54) is 6.42 Å². The molecule has 19 heavy (non-hydrogen) atoms. The van der Waals surface area contributed by atoms with Gasteiger partial charge in [-0.3, -0.25) is 0 Å². The molecule has 1 aromatic rings. The maximum atomic E-state index is 5.63. The molecule has 5 heteroatoms. The van der Waals surface area contributed by atoms with E-state index in [4.69, 9.17) is 22.7 Å². The van der Waals surface area contributed by atoms with Gasteiger partial charge in [-0.2, -0.15) is 0 Å². The number of unbranched alkanes of at least 4 members (excludes halogenated alkanes) is 1. The summed E-state index contributed by atoms with van der Waals surface area (Å²) in [6.07, 6.45) is 3.26. The van der Waals surface area contributed by atoms with Gasteiger partial charge in [0.1, 0.15) is 10.8 Å². The van der Waals surface area contributed by atoms with Crippen LogP contribution in [-0.4, -0.2) is 29.7 Å². The second-order valence-electron chi connectivity index (χ2n) is 4.49. The van der Waals surface area contributed by atoms with Crippen molar-refractivity contribution in [3.05, 3.63) is 23.4 Å². The van der Waals surface area contributed by atoms with Crippen molar-refractivity contribution >= 4 is 23.0 Å². The molecule has 0 unspecified atom stereocenters. The quantitative estimate of drug-likeness (QED) is 0.538. The highest BCUT2D eigenvalue weighted by Crippen LogP contribution is 2.10. The van der Waals surface area contributed by atoms with Gasteiger partial charge in [0.25, 0.3) is 0 Å². The lowest BCUT2D eigenvalue weighted by Crippen LogP contribution is -2.12. The molecule has 0 spiro atoms. The van der Waals surface area contributed by atoms with Crippen molar-refractivity contribution in [2.75, 3.05) is 25.1 Å². The van der Waals surface area contributed by atoms with Crippen LogP contribution in [0.2, 0.25) is 0 Å². The SMILES string of the molecule is CCCCOCCCNc1cc(C(N)=S)cc(C)n1. The van der Waals surface area contributed by atoms with Gasteiger partial charge in [0, 0.05) is 31.0 Å². The minimum atomic E-state index is 0.399. The van der Waals surface area contributed by atoms with E-state index in [2.05, 4.69) is 17.2 Å². The lowest BCUT2D eigenvalue weighted by Gasteiger charge is -2.09. The zero-order valence-electron chi connectivity index (χ0n) is 11.7. The molecule has 0 fully saturated rings. The Balaban J connectivity index is 2.31. The molecule has 0 aliphatic rings. The summed E-state index contributed by atoms with van der Waals surface area (Å²) >= 11 is 4.98. The fraction of sp³-hybridized carbons (Fsp3) is 0.571. The van der Waals surface area contributed by atoms with Gasteiger partial charge in [-0.15, -0.1) is 0 Å². The van der Waals surface area contributed by atoms with Crippen LogP contribution >= 0.6 is 12.2 Å². The molecule has 106 valence electrons. The normalized spacial score (nSPS) is 10.4. The molecule has 0 saturated heterocycles. The number of hydrogen-bond acceptors (Lipinski definition) is 4. The largest absolute Gasteiger partial charge is 0.389 e. The number of hydrogen-bond donors (Lipinski definition) is 2. The average molecular weight is 281 g/mol. The predicted octanol–water partition coefficient (Wildman–Crippen LogP) is 2.64. The summed E-state index contributed by atoms with van der Waals surface area (Å²) < 4.78 is 5.50.